The first-order chi connectivity index (χ1) is 6.60. The van der Waals surface area contributed by atoms with Crippen molar-refractivity contribution in [2.24, 2.45) is 0 Å². The summed E-state index contributed by atoms with van der Waals surface area (Å²) in [5.41, 5.74) is 0.130. The van der Waals surface area contributed by atoms with Gasteiger partial charge in [-0.25, -0.2) is 0 Å². The number of hydrogen-bond acceptors (Lipinski definition) is 2. The van der Waals surface area contributed by atoms with E-state index in [0.717, 1.165) is 0 Å². The van der Waals surface area contributed by atoms with Crippen LogP contribution in [0.2, 0.25) is 0 Å². The van der Waals surface area contributed by atoms with Crippen LogP contribution in [0.25, 0.3) is 0 Å². The zero-order valence-corrected chi connectivity index (χ0v) is 8.95. The van der Waals surface area contributed by atoms with Crippen LogP contribution in [-0.4, -0.2) is 5.38 Å². The lowest BCUT2D eigenvalue weighted by atomic mass is 10.0. The Bertz CT molecular complexity index is 416. The molecule has 1 rings (SSSR count). The highest BCUT2D eigenvalue weighted by Gasteiger charge is 2.22. The quantitative estimate of drug-likeness (QED) is 0.486. The van der Waals surface area contributed by atoms with Crippen LogP contribution in [0.5, 0.6) is 0 Å². The molecule has 2 nitrogen and oxygen atoms in total. The normalized spacial score (nSPS) is 20.4. The van der Waals surface area contributed by atoms with Crippen molar-refractivity contribution in [1.29, 1.82) is 10.5 Å². The summed E-state index contributed by atoms with van der Waals surface area (Å²) < 4.78 is 0. The van der Waals surface area contributed by atoms with Gasteiger partial charge in [-0.05, 0) is 6.08 Å². The number of rotatable bonds is 0. The second kappa shape index (κ2) is 4.53. The molecule has 0 fully saturated rings. The zero-order chi connectivity index (χ0) is 10.7. The second-order valence-electron chi connectivity index (χ2n) is 2.37. The zero-order valence-electron chi connectivity index (χ0n) is 6.68. The van der Waals surface area contributed by atoms with E-state index < -0.39 is 5.38 Å². The lowest BCUT2D eigenvalue weighted by Gasteiger charge is -2.13. The number of allylic oxidation sites excluding steroid dienone is 6. The van der Waals surface area contributed by atoms with Crippen LogP contribution in [-0.2, 0) is 0 Å². The SMILES string of the molecule is N#CC(C#N)=C1C(Cl)=[C]C(Cl)=CC1Cl. The van der Waals surface area contributed by atoms with Crippen LogP contribution >= 0.6 is 34.8 Å². The van der Waals surface area contributed by atoms with Gasteiger partial charge in [0, 0.05) is 16.7 Å². The van der Waals surface area contributed by atoms with E-state index in [1.807, 2.05) is 0 Å². The molecule has 0 spiro atoms. The molecule has 0 heterocycles. The molecule has 0 amide bonds. The molecule has 0 aliphatic heterocycles. The number of nitrogens with zero attached hydrogens (tertiary/aromatic N) is 2. The summed E-state index contributed by atoms with van der Waals surface area (Å²) in [6.45, 7) is 0. The average Bonchev–Trinajstić information content (AvgIpc) is 2.10. The minimum absolute atomic E-state index is 0.107. The summed E-state index contributed by atoms with van der Waals surface area (Å²) in [5, 5.41) is 17.0. The molecule has 1 radical (unpaired) electrons. The lowest BCUT2D eigenvalue weighted by Crippen LogP contribution is -2.07. The Kier molecular flexibility index (Phi) is 3.61. The van der Waals surface area contributed by atoms with E-state index in [1.165, 1.54) is 6.08 Å². The van der Waals surface area contributed by atoms with Gasteiger partial charge in [0.2, 0.25) is 0 Å². The standard InChI is InChI=1S/C9H2Cl3N2/c10-6-1-7(11)9(8(12)2-6)5(3-13)4-14/h1,7H. The maximum absolute atomic E-state index is 8.64. The molecule has 0 N–H and O–H groups in total. The fourth-order valence-electron chi connectivity index (χ4n) is 0.940. The van der Waals surface area contributed by atoms with E-state index in [2.05, 4.69) is 6.08 Å². The van der Waals surface area contributed by atoms with Crippen molar-refractivity contribution < 1.29 is 0 Å². The van der Waals surface area contributed by atoms with Gasteiger partial charge in [-0.3, -0.25) is 0 Å². The predicted octanol–water partition coefficient (Wildman–Crippen LogP) is 3.00. The van der Waals surface area contributed by atoms with Gasteiger partial charge in [-0.15, -0.1) is 11.6 Å². The molecule has 69 valence electrons. The van der Waals surface area contributed by atoms with Crippen molar-refractivity contribution in [2.75, 3.05) is 0 Å². The van der Waals surface area contributed by atoms with Gasteiger partial charge < -0.3 is 0 Å². The van der Waals surface area contributed by atoms with E-state index in [4.69, 9.17) is 45.3 Å². The Labute approximate surface area is 96.3 Å². The fraction of sp³-hybridized carbons (Fsp3) is 0.111. The van der Waals surface area contributed by atoms with Crippen LogP contribution < -0.4 is 0 Å². The molecule has 0 aromatic rings. The van der Waals surface area contributed by atoms with Crippen LogP contribution in [0.3, 0.4) is 0 Å². The number of nitriles is 2. The van der Waals surface area contributed by atoms with Crippen LogP contribution in [0.1, 0.15) is 0 Å². The van der Waals surface area contributed by atoms with Crippen LogP contribution in [0.15, 0.2) is 27.3 Å². The Hall–Kier alpha value is -0.930. The van der Waals surface area contributed by atoms with E-state index in [9.17, 15) is 0 Å². The third kappa shape index (κ3) is 2.11. The van der Waals surface area contributed by atoms with Gasteiger partial charge in [0.25, 0.3) is 0 Å². The summed E-state index contributed by atoms with van der Waals surface area (Å²) in [4.78, 5) is 0. The highest BCUT2D eigenvalue weighted by Crippen LogP contribution is 2.32. The van der Waals surface area contributed by atoms with Crippen LogP contribution in [0.4, 0.5) is 0 Å². The van der Waals surface area contributed by atoms with Gasteiger partial charge in [0.15, 0.2) is 0 Å². The van der Waals surface area contributed by atoms with Crippen molar-refractivity contribution in [3.8, 4) is 12.1 Å². The highest BCUT2D eigenvalue weighted by molar-refractivity contribution is 6.38. The third-order valence-electron chi connectivity index (χ3n) is 1.53. The molecule has 0 saturated carbocycles. The molecule has 14 heavy (non-hydrogen) atoms. The molecule has 0 saturated heterocycles. The van der Waals surface area contributed by atoms with E-state index in [0.29, 0.717) is 0 Å². The van der Waals surface area contributed by atoms with E-state index >= 15 is 0 Å². The Morgan fingerprint density at radius 1 is 1.36 bits per heavy atom. The van der Waals surface area contributed by atoms with Crippen molar-refractivity contribution in [3.05, 3.63) is 33.4 Å². The Morgan fingerprint density at radius 2 is 1.93 bits per heavy atom. The number of halogens is 3. The van der Waals surface area contributed by atoms with Crippen molar-refractivity contribution in [1.82, 2.24) is 0 Å². The molecule has 0 aromatic heterocycles. The van der Waals surface area contributed by atoms with E-state index in [1.54, 1.807) is 12.1 Å². The highest BCUT2D eigenvalue weighted by atomic mass is 35.5. The van der Waals surface area contributed by atoms with Gasteiger partial charge in [0.05, 0.1) is 10.4 Å². The summed E-state index contributed by atoms with van der Waals surface area (Å²) in [5.74, 6) is 0. The minimum Gasteiger partial charge on any atom is -0.192 e. The second-order valence-corrected chi connectivity index (χ2v) is 3.62. The van der Waals surface area contributed by atoms with Gasteiger partial charge in [-0.2, -0.15) is 10.5 Å². The molecule has 1 atom stereocenters. The molecule has 0 aromatic carbocycles. The van der Waals surface area contributed by atoms with Gasteiger partial charge in [-0.1, -0.05) is 23.2 Å². The molecular formula is C9H2Cl3N2. The Morgan fingerprint density at radius 3 is 2.36 bits per heavy atom. The number of hydrogen-bond donors (Lipinski definition) is 0. The first-order valence-electron chi connectivity index (χ1n) is 3.45. The minimum atomic E-state index is -0.662. The third-order valence-corrected chi connectivity index (χ3v) is 2.39. The largest absolute Gasteiger partial charge is 0.192 e. The van der Waals surface area contributed by atoms with Crippen LogP contribution in [0, 0.1) is 28.7 Å². The average molecular weight is 244 g/mol. The molecule has 5 heteroatoms. The summed E-state index contributed by atoms with van der Waals surface area (Å²) in [7, 11) is 0. The summed E-state index contributed by atoms with van der Waals surface area (Å²) in [6.07, 6.45) is 4.03. The van der Waals surface area contributed by atoms with Crippen molar-refractivity contribution in [3.63, 3.8) is 0 Å². The van der Waals surface area contributed by atoms with Crippen molar-refractivity contribution >= 4 is 34.8 Å². The topological polar surface area (TPSA) is 47.6 Å². The monoisotopic (exact) mass is 243 g/mol. The maximum atomic E-state index is 8.64. The smallest absolute Gasteiger partial charge is 0.136 e. The van der Waals surface area contributed by atoms with Gasteiger partial charge in [0.1, 0.15) is 17.7 Å². The maximum Gasteiger partial charge on any atom is 0.136 e. The molecule has 1 aliphatic carbocycles. The number of alkyl halides is 1. The van der Waals surface area contributed by atoms with Crippen molar-refractivity contribution in [2.45, 2.75) is 5.38 Å². The first-order valence-corrected chi connectivity index (χ1v) is 4.65. The lowest BCUT2D eigenvalue weighted by molar-refractivity contribution is 1.21. The van der Waals surface area contributed by atoms with E-state index in [-0.39, 0.29) is 21.2 Å². The molecule has 1 aliphatic rings. The fourth-order valence-corrected chi connectivity index (χ4v) is 1.99. The molecule has 1 unspecified atom stereocenters. The van der Waals surface area contributed by atoms with Gasteiger partial charge >= 0.3 is 0 Å². The Balaban J connectivity index is 3.31. The first kappa shape index (κ1) is 11.1. The molecular weight excluding hydrogens is 242 g/mol. The summed E-state index contributed by atoms with van der Waals surface area (Å²) in [6, 6.07) is 3.43. The summed E-state index contributed by atoms with van der Waals surface area (Å²) >= 11 is 17.3. The predicted molar refractivity (Wildman–Crippen MR) is 54.4 cm³/mol. The molecule has 0 bridgehead atoms.